The van der Waals surface area contributed by atoms with Crippen LogP contribution in [0.15, 0.2) is 75.0 Å². The van der Waals surface area contributed by atoms with Crippen LogP contribution in [0.4, 0.5) is 0 Å². The van der Waals surface area contributed by atoms with Crippen molar-refractivity contribution in [3.63, 3.8) is 0 Å². The van der Waals surface area contributed by atoms with E-state index in [4.69, 9.17) is 32.4 Å². The van der Waals surface area contributed by atoms with Crippen molar-refractivity contribution in [2.75, 3.05) is 26.2 Å². The summed E-state index contributed by atoms with van der Waals surface area (Å²) in [5, 5.41) is 0.771. The zero-order valence-electron chi connectivity index (χ0n) is 17.6. The van der Waals surface area contributed by atoms with Gasteiger partial charge in [0.1, 0.15) is 23.5 Å². The molecule has 0 bridgehead atoms. The van der Waals surface area contributed by atoms with Crippen LogP contribution in [-0.2, 0) is 23.2 Å². The summed E-state index contributed by atoms with van der Waals surface area (Å²) in [6.45, 7) is 2.18. The molecule has 1 saturated heterocycles. The summed E-state index contributed by atoms with van der Waals surface area (Å²) in [6.07, 6.45) is 1.30. The van der Waals surface area contributed by atoms with E-state index in [1.165, 1.54) is 22.7 Å². The Balaban J connectivity index is 1.34. The Morgan fingerprint density at radius 1 is 0.939 bits per heavy atom. The van der Waals surface area contributed by atoms with Crippen LogP contribution in [0.2, 0.25) is 10.0 Å². The van der Waals surface area contributed by atoms with Crippen molar-refractivity contribution in [1.82, 2.24) is 9.21 Å². The standard InChI is InChI=1S/C23H22Cl2N2O5S/c24-19-6-2-1-5-17(19)15-32-22-16-31-18(13-21(22)28)14-26-9-11-27(12-10-26)33(29,30)23-8-4-3-7-20(23)25/h1-8,13,16H,9-12,14-15H2. The summed E-state index contributed by atoms with van der Waals surface area (Å²) in [6, 6.07) is 15.1. The molecule has 0 radical (unpaired) electrons. The van der Waals surface area contributed by atoms with E-state index in [0.29, 0.717) is 43.5 Å². The van der Waals surface area contributed by atoms with Crippen LogP contribution >= 0.6 is 23.2 Å². The molecule has 2 aromatic carbocycles. The van der Waals surface area contributed by atoms with E-state index in [9.17, 15) is 13.2 Å². The first-order valence-electron chi connectivity index (χ1n) is 10.3. The topological polar surface area (TPSA) is 80.1 Å². The van der Waals surface area contributed by atoms with Crippen LogP contribution in [0.1, 0.15) is 11.3 Å². The highest BCUT2D eigenvalue weighted by Crippen LogP contribution is 2.25. The maximum absolute atomic E-state index is 12.9. The monoisotopic (exact) mass is 508 g/mol. The molecule has 33 heavy (non-hydrogen) atoms. The zero-order valence-corrected chi connectivity index (χ0v) is 19.9. The third-order valence-corrected chi connectivity index (χ3v) is 8.13. The van der Waals surface area contributed by atoms with Gasteiger partial charge < -0.3 is 9.15 Å². The number of ether oxygens (including phenoxy) is 1. The normalized spacial score (nSPS) is 15.5. The van der Waals surface area contributed by atoms with Gasteiger partial charge in [0.25, 0.3) is 0 Å². The van der Waals surface area contributed by atoms with Crippen LogP contribution in [0.3, 0.4) is 0 Å². The van der Waals surface area contributed by atoms with Gasteiger partial charge in [-0.25, -0.2) is 8.42 Å². The molecule has 2 heterocycles. The lowest BCUT2D eigenvalue weighted by molar-refractivity contribution is 0.169. The van der Waals surface area contributed by atoms with Gasteiger partial charge in [-0.15, -0.1) is 0 Å². The lowest BCUT2D eigenvalue weighted by Crippen LogP contribution is -2.48. The van der Waals surface area contributed by atoms with Crippen molar-refractivity contribution in [3.8, 4) is 5.75 Å². The summed E-state index contributed by atoms with van der Waals surface area (Å²) in [5.74, 6) is 0.585. The van der Waals surface area contributed by atoms with Gasteiger partial charge in [0.15, 0.2) is 0 Å². The van der Waals surface area contributed by atoms with Crippen LogP contribution in [-0.4, -0.2) is 43.8 Å². The Morgan fingerprint density at radius 2 is 1.61 bits per heavy atom. The Hall–Kier alpha value is -2.36. The van der Waals surface area contributed by atoms with E-state index < -0.39 is 10.0 Å². The molecule has 10 heteroatoms. The molecule has 3 aromatic rings. The molecule has 7 nitrogen and oxygen atoms in total. The molecule has 0 amide bonds. The molecule has 0 saturated carbocycles. The second kappa shape index (κ2) is 10.3. The molecule has 1 aliphatic heterocycles. The summed E-state index contributed by atoms with van der Waals surface area (Å²) in [5.41, 5.74) is 0.482. The maximum Gasteiger partial charge on any atom is 0.244 e. The third-order valence-electron chi connectivity index (χ3n) is 5.36. The van der Waals surface area contributed by atoms with Crippen molar-refractivity contribution in [3.05, 3.63) is 92.5 Å². The van der Waals surface area contributed by atoms with Gasteiger partial charge in [-0.1, -0.05) is 53.5 Å². The number of sulfonamides is 1. The van der Waals surface area contributed by atoms with Gasteiger partial charge in [-0.2, -0.15) is 4.31 Å². The van der Waals surface area contributed by atoms with Crippen LogP contribution in [0.25, 0.3) is 0 Å². The lowest BCUT2D eigenvalue weighted by Gasteiger charge is -2.33. The van der Waals surface area contributed by atoms with E-state index in [-0.39, 0.29) is 27.7 Å². The molecule has 0 atom stereocenters. The first kappa shape index (κ1) is 23.8. The quantitative estimate of drug-likeness (QED) is 0.479. The molecule has 0 spiro atoms. The highest BCUT2D eigenvalue weighted by Gasteiger charge is 2.30. The molecule has 1 aromatic heterocycles. The van der Waals surface area contributed by atoms with Gasteiger partial charge in [-0.05, 0) is 18.2 Å². The van der Waals surface area contributed by atoms with E-state index in [2.05, 4.69) is 0 Å². The Labute approximate surface area is 202 Å². The minimum atomic E-state index is -3.66. The minimum Gasteiger partial charge on any atom is -0.482 e. The number of hydrogen-bond donors (Lipinski definition) is 0. The predicted molar refractivity (Wildman–Crippen MR) is 126 cm³/mol. The Bertz CT molecular complexity index is 1290. The first-order valence-corrected chi connectivity index (χ1v) is 12.5. The SMILES string of the molecule is O=c1cc(CN2CCN(S(=O)(=O)c3ccccc3Cl)CC2)occ1OCc1ccccc1Cl. The number of halogens is 2. The van der Waals surface area contributed by atoms with E-state index >= 15 is 0 Å². The fraction of sp³-hybridized carbons (Fsp3) is 0.261. The fourth-order valence-electron chi connectivity index (χ4n) is 3.54. The number of nitrogens with zero attached hydrogens (tertiary/aromatic N) is 2. The van der Waals surface area contributed by atoms with E-state index in [1.54, 1.807) is 24.3 Å². The van der Waals surface area contributed by atoms with Crippen molar-refractivity contribution in [2.24, 2.45) is 0 Å². The Kier molecular flexibility index (Phi) is 7.41. The number of rotatable bonds is 7. The van der Waals surface area contributed by atoms with Crippen molar-refractivity contribution in [1.29, 1.82) is 0 Å². The number of hydrogen-bond acceptors (Lipinski definition) is 6. The van der Waals surface area contributed by atoms with E-state index in [1.807, 2.05) is 23.1 Å². The van der Waals surface area contributed by atoms with Crippen LogP contribution in [0.5, 0.6) is 5.75 Å². The highest BCUT2D eigenvalue weighted by molar-refractivity contribution is 7.89. The molecule has 4 rings (SSSR count). The molecule has 1 fully saturated rings. The largest absolute Gasteiger partial charge is 0.482 e. The van der Waals surface area contributed by atoms with Crippen molar-refractivity contribution in [2.45, 2.75) is 18.0 Å². The summed E-state index contributed by atoms with van der Waals surface area (Å²) in [7, 11) is -3.66. The fourth-order valence-corrected chi connectivity index (χ4v) is 5.64. The minimum absolute atomic E-state index is 0.106. The smallest absolute Gasteiger partial charge is 0.244 e. The van der Waals surface area contributed by atoms with Gasteiger partial charge >= 0.3 is 0 Å². The average molecular weight is 509 g/mol. The number of benzene rings is 2. The highest BCUT2D eigenvalue weighted by atomic mass is 35.5. The van der Waals surface area contributed by atoms with Gasteiger partial charge in [0, 0.05) is 42.8 Å². The third kappa shape index (κ3) is 5.59. The molecule has 1 aliphatic rings. The molecule has 0 N–H and O–H groups in total. The lowest BCUT2D eigenvalue weighted by atomic mass is 10.2. The van der Waals surface area contributed by atoms with Gasteiger partial charge in [-0.3, -0.25) is 9.69 Å². The average Bonchev–Trinajstić information content (AvgIpc) is 2.80. The molecule has 174 valence electrons. The predicted octanol–water partition coefficient (Wildman–Crippen LogP) is 4.03. The maximum atomic E-state index is 12.9. The zero-order chi connectivity index (χ0) is 23.4. The van der Waals surface area contributed by atoms with Crippen LogP contribution < -0.4 is 10.2 Å². The van der Waals surface area contributed by atoms with Crippen LogP contribution in [0, 0.1) is 0 Å². The second-order valence-electron chi connectivity index (χ2n) is 7.57. The molecule has 0 unspecified atom stereocenters. The van der Waals surface area contributed by atoms with Crippen molar-refractivity contribution >= 4 is 33.2 Å². The van der Waals surface area contributed by atoms with E-state index in [0.717, 1.165) is 5.56 Å². The summed E-state index contributed by atoms with van der Waals surface area (Å²) < 4.78 is 38.3. The molecule has 0 aliphatic carbocycles. The second-order valence-corrected chi connectivity index (χ2v) is 10.3. The molecular weight excluding hydrogens is 487 g/mol. The summed E-state index contributed by atoms with van der Waals surface area (Å²) >= 11 is 12.2. The number of piperazine rings is 1. The summed E-state index contributed by atoms with van der Waals surface area (Å²) in [4.78, 5) is 14.6. The Morgan fingerprint density at radius 3 is 2.27 bits per heavy atom. The first-order chi connectivity index (χ1) is 15.8. The van der Waals surface area contributed by atoms with Gasteiger partial charge in [0.2, 0.25) is 21.2 Å². The van der Waals surface area contributed by atoms with Gasteiger partial charge in [0.05, 0.1) is 11.6 Å². The van der Waals surface area contributed by atoms with Crippen molar-refractivity contribution < 1.29 is 17.6 Å². The molecular formula is C23H22Cl2N2O5S.